The lowest BCUT2D eigenvalue weighted by Gasteiger charge is -2.25. The SMILES string of the molecule is COc1ccccc1CN(Cc1ccco1)C[C@H](O)COCc1ccco1. The van der Waals surface area contributed by atoms with Crippen LogP contribution in [-0.2, 0) is 24.4 Å². The molecule has 0 aliphatic rings. The summed E-state index contributed by atoms with van der Waals surface area (Å²) in [5, 5.41) is 10.4. The molecular weight excluding hydrogens is 346 g/mol. The minimum Gasteiger partial charge on any atom is -0.496 e. The Bertz CT molecular complexity index is 770. The van der Waals surface area contributed by atoms with Gasteiger partial charge in [0.15, 0.2) is 0 Å². The van der Waals surface area contributed by atoms with Crippen molar-refractivity contribution in [2.45, 2.75) is 25.8 Å². The fourth-order valence-corrected chi connectivity index (χ4v) is 2.92. The third kappa shape index (κ3) is 5.99. The number of methoxy groups -OCH3 is 1. The van der Waals surface area contributed by atoms with Gasteiger partial charge in [0.2, 0.25) is 0 Å². The van der Waals surface area contributed by atoms with Gasteiger partial charge in [0.1, 0.15) is 23.9 Å². The lowest BCUT2D eigenvalue weighted by molar-refractivity contribution is 0.00153. The number of hydrogen-bond acceptors (Lipinski definition) is 6. The quantitative estimate of drug-likeness (QED) is 0.557. The second-order valence-corrected chi connectivity index (χ2v) is 6.31. The lowest BCUT2D eigenvalue weighted by atomic mass is 10.1. The van der Waals surface area contributed by atoms with Crippen molar-refractivity contribution >= 4 is 0 Å². The molecule has 27 heavy (non-hydrogen) atoms. The molecule has 0 unspecified atom stereocenters. The van der Waals surface area contributed by atoms with Gasteiger partial charge in [-0.1, -0.05) is 18.2 Å². The summed E-state index contributed by atoms with van der Waals surface area (Å²) >= 11 is 0. The van der Waals surface area contributed by atoms with Crippen LogP contribution >= 0.6 is 0 Å². The highest BCUT2D eigenvalue weighted by Crippen LogP contribution is 2.20. The molecule has 0 aliphatic carbocycles. The second-order valence-electron chi connectivity index (χ2n) is 6.31. The first-order chi connectivity index (χ1) is 13.2. The van der Waals surface area contributed by atoms with E-state index >= 15 is 0 Å². The van der Waals surface area contributed by atoms with Gasteiger partial charge in [-0.3, -0.25) is 4.90 Å². The molecule has 0 radical (unpaired) electrons. The average molecular weight is 371 g/mol. The molecule has 6 nitrogen and oxygen atoms in total. The standard InChI is InChI=1S/C21H25NO5/c1-24-21-9-3-2-6-17(21)12-22(14-19-7-4-10-26-19)13-18(23)15-25-16-20-8-5-11-27-20/h2-11,18,23H,12-16H2,1H3/t18-/m0/s1. The average Bonchev–Trinajstić information content (AvgIpc) is 3.36. The second kappa shape index (κ2) is 9.97. The zero-order valence-corrected chi connectivity index (χ0v) is 15.4. The van der Waals surface area contributed by atoms with Crippen molar-refractivity contribution in [3.63, 3.8) is 0 Å². The Morgan fingerprint density at radius 3 is 2.41 bits per heavy atom. The Morgan fingerprint density at radius 1 is 0.963 bits per heavy atom. The number of aliphatic hydroxyl groups excluding tert-OH is 1. The predicted molar refractivity (Wildman–Crippen MR) is 100 cm³/mol. The normalized spacial score (nSPS) is 12.4. The minimum atomic E-state index is -0.635. The molecule has 1 N–H and O–H groups in total. The van der Waals surface area contributed by atoms with Crippen LogP contribution in [0.5, 0.6) is 5.75 Å². The summed E-state index contributed by atoms with van der Waals surface area (Å²) in [6.07, 6.45) is 2.62. The van der Waals surface area contributed by atoms with Crippen molar-refractivity contribution in [3.8, 4) is 5.75 Å². The van der Waals surface area contributed by atoms with Crippen LogP contribution in [0.3, 0.4) is 0 Å². The van der Waals surface area contributed by atoms with Crippen LogP contribution in [0.4, 0.5) is 0 Å². The van der Waals surface area contributed by atoms with Gasteiger partial charge in [-0.05, 0) is 30.3 Å². The molecule has 6 heteroatoms. The molecule has 0 saturated carbocycles. The number of para-hydroxylation sites is 1. The van der Waals surface area contributed by atoms with Gasteiger partial charge in [-0.25, -0.2) is 0 Å². The fraction of sp³-hybridized carbons (Fsp3) is 0.333. The molecule has 3 aromatic rings. The maximum atomic E-state index is 10.4. The monoisotopic (exact) mass is 371 g/mol. The molecule has 0 aliphatic heterocycles. The molecule has 2 heterocycles. The Balaban J connectivity index is 1.58. The van der Waals surface area contributed by atoms with Gasteiger partial charge in [0.05, 0.1) is 38.9 Å². The van der Waals surface area contributed by atoms with E-state index in [2.05, 4.69) is 4.90 Å². The summed E-state index contributed by atoms with van der Waals surface area (Å²) in [6, 6.07) is 15.3. The molecule has 3 rings (SSSR count). The van der Waals surface area contributed by atoms with Crippen molar-refractivity contribution in [1.29, 1.82) is 0 Å². The summed E-state index contributed by atoms with van der Waals surface area (Å²) in [5.74, 6) is 2.41. The molecule has 1 aromatic carbocycles. The van der Waals surface area contributed by atoms with Crippen LogP contribution in [0.25, 0.3) is 0 Å². The van der Waals surface area contributed by atoms with E-state index in [-0.39, 0.29) is 6.61 Å². The largest absolute Gasteiger partial charge is 0.496 e. The summed E-state index contributed by atoms with van der Waals surface area (Å²) in [6.45, 7) is 2.22. The van der Waals surface area contributed by atoms with Crippen molar-refractivity contribution in [1.82, 2.24) is 4.90 Å². The van der Waals surface area contributed by atoms with E-state index in [0.717, 1.165) is 22.8 Å². The van der Waals surface area contributed by atoms with Crippen LogP contribution in [0.1, 0.15) is 17.1 Å². The molecular formula is C21H25NO5. The van der Waals surface area contributed by atoms with E-state index in [1.807, 2.05) is 48.5 Å². The molecule has 0 bridgehead atoms. The zero-order valence-electron chi connectivity index (χ0n) is 15.4. The van der Waals surface area contributed by atoms with E-state index < -0.39 is 6.10 Å². The first kappa shape index (κ1) is 19.2. The maximum Gasteiger partial charge on any atom is 0.129 e. The van der Waals surface area contributed by atoms with E-state index in [9.17, 15) is 5.11 Å². The van der Waals surface area contributed by atoms with Crippen molar-refractivity contribution in [2.24, 2.45) is 0 Å². The summed E-state index contributed by atoms with van der Waals surface area (Å²) in [4.78, 5) is 2.11. The van der Waals surface area contributed by atoms with Crippen LogP contribution < -0.4 is 4.74 Å². The Hall–Kier alpha value is -2.54. The Labute approximate surface area is 158 Å². The van der Waals surface area contributed by atoms with Gasteiger partial charge < -0.3 is 23.4 Å². The van der Waals surface area contributed by atoms with Crippen LogP contribution in [-0.4, -0.2) is 36.4 Å². The highest BCUT2D eigenvalue weighted by molar-refractivity contribution is 5.33. The smallest absolute Gasteiger partial charge is 0.129 e. The third-order valence-corrected chi connectivity index (χ3v) is 4.15. The van der Waals surface area contributed by atoms with Gasteiger partial charge in [-0.15, -0.1) is 0 Å². The number of nitrogens with zero attached hydrogens (tertiary/aromatic N) is 1. The van der Waals surface area contributed by atoms with Crippen molar-refractivity contribution < 1.29 is 23.4 Å². The van der Waals surface area contributed by atoms with E-state index in [1.165, 1.54) is 0 Å². The summed E-state index contributed by atoms with van der Waals surface area (Å²) in [5.41, 5.74) is 1.05. The van der Waals surface area contributed by atoms with E-state index in [4.69, 9.17) is 18.3 Å². The topological polar surface area (TPSA) is 68.2 Å². The van der Waals surface area contributed by atoms with Crippen molar-refractivity contribution in [3.05, 3.63) is 78.1 Å². The molecule has 144 valence electrons. The molecule has 1 atom stereocenters. The highest BCUT2D eigenvalue weighted by Gasteiger charge is 2.16. The Morgan fingerprint density at radius 2 is 1.70 bits per heavy atom. The van der Waals surface area contributed by atoms with Crippen LogP contribution in [0.2, 0.25) is 0 Å². The van der Waals surface area contributed by atoms with Crippen LogP contribution in [0, 0.1) is 0 Å². The summed E-state index contributed by atoms with van der Waals surface area (Å²) < 4.78 is 21.7. The molecule has 0 amide bonds. The fourth-order valence-electron chi connectivity index (χ4n) is 2.92. The van der Waals surface area contributed by atoms with Crippen molar-refractivity contribution in [2.75, 3.05) is 20.3 Å². The zero-order chi connectivity index (χ0) is 18.9. The van der Waals surface area contributed by atoms with Gasteiger partial charge in [0, 0.05) is 18.7 Å². The number of benzene rings is 1. The van der Waals surface area contributed by atoms with E-state index in [1.54, 1.807) is 19.6 Å². The first-order valence-corrected chi connectivity index (χ1v) is 8.89. The van der Waals surface area contributed by atoms with Crippen LogP contribution in [0.15, 0.2) is 69.9 Å². The summed E-state index contributed by atoms with van der Waals surface area (Å²) in [7, 11) is 1.66. The first-order valence-electron chi connectivity index (χ1n) is 8.89. The van der Waals surface area contributed by atoms with E-state index in [0.29, 0.717) is 26.2 Å². The number of hydrogen-bond donors (Lipinski definition) is 1. The maximum absolute atomic E-state index is 10.4. The van der Waals surface area contributed by atoms with Gasteiger partial charge >= 0.3 is 0 Å². The number of aliphatic hydroxyl groups is 1. The van der Waals surface area contributed by atoms with Gasteiger partial charge in [-0.2, -0.15) is 0 Å². The minimum absolute atomic E-state index is 0.223. The third-order valence-electron chi connectivity index (χ3n) is 4.15. The highest BCUT2D eigenvalue weighted by atomic mass is 16.5. The number of ether oxygens (including phenoxy) is 2. The van der Waals surface area contributed by atoms with Gasteiger partial charge in [0.25, 0.3) is 0 Å². The lowest BCUT2D eigenvalue weighted by Crippen LogP contribution is -2.34. The number of rotatable bonds is 11. The molecule has 0 spiro atoms. The molecule has 0 fully saturated rings. The Kier molecular flexibility index (Phi) is 7.10. The molecule has 0 saturated heterocycles. The predicted octanol–water partition coefficient (Wildman–Crippen LogP) is 3.46. The number of furan rings is 2. The molecule has 2 aromatic heterocycles.